The van der Waals surface area contributed by atoms with Gasteiger partial charge in [-0.05, 0) is 44.2 Å². The zero-order chi connectivity index (χ0) is 12.5. The van der Waals surface area contributed by atoms with E-state index in [0.717, 1.165) is 44.3 Å². The van der Waals surface area contributed by atoms with Gasteiger partial charge in [0, 0.05) is 13.0 Å². The first-order chi connectivity index (χ1) is 8.18. The van der Waals surface area contributed by atoms with E-state index in [1.165, 1.54) is 19.3 Å². The maximum atomic E-state index is 11.6. The molecule has 1 amide bonds. The van der Waals surface area contributed by atoms with E-state index in [1.807, 2.05) is 0 Å². The molecule has 3 nitrogen and oxygen atoms in total. The van der Waals surface area contributed by atoms with Crippen molar-refractivity contribution in [1.29, 1.82) is 0 Å². The summed E-state index contributed by atoms with van der Waals surface area (Å²) >= 11 is 0. The number of rotatable bonds is 8. The Hall–Kier alpha value is -0.570. The van der Waals surface area contributed by atoms with Crippen molar-refractivity contribution in [1.82, 2.24) is 10.6 Å². The Morgan fingerprint density at radius 2 is 2.24 bits per heavy atom. The Balaban J connectivity index is 1.90. The van der Waals surface area contributed by atoms with Crippen LogP contribution in [0, 0.1) is 11.8 Å². The summed E-state index contributed by atoms with van der Waals surface area (Å²) < 4.78 is 0. The van der Waals surface area contributed by atoms with Gasteiger partial charge in [-0.25, -0.2) is 0 Å². The Labute approximate surface area is 106 Å². The molecule has 0 bridgehead atoms. The van der Waals surface area contributed by atoms with E-state index in [-0.39, 0.29) is 5.91 Å². The Kier molecular flexibility index (Phi) is 7.25. The highest BCUT2D eigenvalue weighted by molar-refractivity contribution is 5.75. The normalized spacial score (nSPS) is 19.8. The van der Waals surface area contributed by atoms with E-state index < -0.39 is 0 Å². The molecule has 1 atom stereocenters. The molecule has 1 rings (SSSR count). The van der Waals surface area contributed by atoms with Gasteiger partial charge in [-0.3, -0.25) is 4.79 Å². The van der Waals surface area contributed by atoms with Crippen molar-refractivity contribution in [2.24, 2.45) is 11.8 Å². The molecule has 100 valence electrons. The van der Waals surface area contributed by atoms with Crippen LogP contribution in [0.1, 0.15) is 52.4 Å². The van der Waals surface area contributed by atoms with Crippen molar-refractivity contribution in [2.45, 2.75) is 52.4 Å². The lowest BCUT2D eigenvalue weighted by Gasteiger charge is -2.09. The summed E-state index contributed by atoms with van der Waals surface area (Å²) in [6.45, 7) is 7.57. The summed E-state index contributed by atoms with van der Waals surface area (Å²) in [6.07, 6.45) is 6.60. The van der Waals surface area contributed by atoms with Crippen LogP contribution in [0.4, 0.5) is 0 Å². The number of nitrogens with one attached hydrogen (secondary N) is 2. The van der Waals surface area contributed by atoms with E-state index in [4.69, 9.17) is 0 Å². The second-order valence-corrected chi connectivity index (χ2v) is 5.64. The Morgan fingerprint density at radius 3 is 2.88 bits per heavy atom. The lowest BCUT2D eigenvalue weighted by atomic mass is 10.0. The smallest absolute Gasteiger partial charge is 0.220 e. The monoisotopic (exact) mass is 240 g/mol. The van der Waals surface area contributed by atoms with E-state index in [2.05, 4.69) is 24.5 Å². The van der Waals surface area contributed by atoms with E-state index in [1.54, 1.807) is 0 Å². The van der Waals surface area contributed by atoms with Gasteiger partial charge in [0.15, 0.2) is 0 Å². The van der Waals surface area contributed by atoms with Gasteiger partial charge in [-0.1, -0.05) is 26.7 Å². The van der Waals surface area contributed by atoms with Crippen LogP contribution >= 0.6 is 0 Å². The average Bonchev–Trinajstić information content (AvgIpc) is 2.78. The van der Waals surface area contributed by atoms with Crippen LogP contribution in [-0.2, 0) is 4.79 Å². The molecule has 1 unspecified atom stereocenters. The lowest BCUT2D eigenvalue weighted by Crippen LogP contribution is -2.25. The zero-order valence-corrected chi connectivity index (χ0v) is 11.4. The molecule has 1 aliphatic rings. The summed E-state index contributed by atoms with van der Waals surface area (Å²) in [5, 5.41) is 6.36. The van der Waals surface area contributed by atoms with Crippen LogP contribution in [-0.4, -0.2) is 25.5 Å². The molecule has 0 aromatic rings. The minimum Gasteiger partial charge on any atom is -0.356 e. The molecule has 1 saturated heterocycles. The number of carbonyl (C=O) groups excluding carboxylic acids is 1. The van der Waals surface area contributed by atoms with Gasteiger partial charge >= 0.3 is 0 Å². The first-order valence-corrected chi connectivity index (χ1v) is 7.16. The predicted octanol–water partition coefficient (Wildman–Crippen LogP) is 2.32. The third-order valence-electron chi connectivity index (χ3n) is 3.47. The molecular weight excluding hydrogens is 212 g/mol. The third kappa shape index (κ3) is 7.37. The Bertz CT molecular complexity index is 210. The molecule has 3 heteroatoms. The van der Waals surface area contributed by atoms with Gasteiger partial charge in [-0.15, -0.1) is 0 Å². The first kappa shape index (κ1) is 14.5. The van der Waals surface area contributed by atoms with E-state index in [0.29, 0.717) is 6.42 Å². The van der Waals surface area contributed by atoms with E-state index >= 15 is 0 Å². The maximum Gasteiger partial charge on any atom is 0.220 e. The molecular formula is C14H28N2O. The van der Waals surface area contributed by atoms with Crippen molar-refractivity contribution in [3.63, 3.8) is 0 Å². The summed E-state index contributed by atoms with van der Waals surface area (Å²) in [7, 11) is 0. The fourth-order valence-corrected chi connectivity index (χ4v) is 2.29. The van der Waals surface area contributed by atoms with Gasteiger partial charge in [0.25, 0.3) is 0 Å². The number of unbranched alkanes of at least 4 members (excludes halogenated alkanes) is 1. The molecule has 1 fully saturated rings. The number of carbonyl (C=O) groups is 1. The molecule has 0 aromatic carbocycles. The first-order valence-electron chi connectivity index (χ1n) is 7.16. The second kappa shape index (κ2) is 8.51. The van der Waals surface area contributed by atoms with Crippen LogP contribution < -0.4 is 10.6 Å². The van der Waals surface area contributed by atoms with Gasteiger partial charge in [0.05, 0.1) is 0 Å². The van der Waals surface area contributed by atoms with Gasteiger partial charge in [0.1, 0.15) is 0 Å². The summed E-state index contributed by atoms with van der Waals surface area (Å²) in [5.74, 6) is 1.74. The second-order valence-electron chi connectivity index (χ2n) is 5.64. The average molecular weight is 240 g/mol. The van der Waals surface area contributed by atoms with Crippen LogP contribution in [0.5, 0.6) is 0 Å². The molecule has 1 aliphatic heterocycles. The zero-order valence-electron chi connectivity index (χ0n) is 11.4. The molecule has 1 heterocycles. The minimum atomic E-state index is 0.237. The molecule has 0 saturated carbocycles. The van der Waals surface area contributed by atoms with Crippen molar-refractivity contribution in [3.8, 4) is 0 Å². The predicted molar refractivity (Wildman–Crippen MR) is 71.9 cm³/mol. The largest absolute Gasteiger partial charge is 0.356 e. The van der Waals surface area contributed by atoms with Crippen LogP contribution in [0.25, 0.3) is 0 Å². The van der Waals surface area contributed by atoms with Crippen LogP contribution in [0.15, 0.2) is 0 Å². The van der Waals surface area contributed by atoms with Crippen LogP contribution in [0.3, 0.4) is 0 Å². The fraction of sp³-hybridized carbons (Fsp3) is 0.929. The van der Waals surface area contributed by atoms with Gasteiger partial charge < -0.3 is 10.6 Å². The third-order valence-corrected chi connectivity index (χ3v) is 3.47. The molecule has 0 radical (unpaired) electrons. The summed E-state index contributed by atoms with van der Waals surface area (Å²) in [5.41, 5.74) is 0. The van der Waals surface area contributed by atoms with Gasteiger partial charge in [0.2, 0.25) is 5.91 Å². The van der Waals surface area contributed by atoms with Crippen molar-refractivity contribution >= 4 is 5.91 Å². The topological polar surface area (TPSA) is 41.1 Å². The summed E-state index contributed by atoms with van der Waals surface area (Å²) in [4.78, 5) is 11.6. The Morgan fingerprint density at radius 1 is 1.41 bits per heavy atom. The molecule has 0 aromatic heterocycles. The minimum absolute atomic E-state index is 0.237. The number of hydrogen-bond acceptors (Lipinski definition) is 2. The van der Waals surface area contributed by atoms with Crippen LogP contribution in [0.2, 0.25) is 0 Å². The quantitative estimate of drug-likeness (QED) is 0.639. The highest BCUT2D eigenvalue weighted by atomic mass is 16.1. The SMILES string of the molecule is CC(C)CCCCNC(=O)CCC1CCNC1. The standard InChI is InChI=1S/C14H28N2O/c1-12(2)5-3-4-9-16-14(17)7-6-13-8-10-15-11-13/h12-13,15H,3-11H2,1-2H3,(H,16,17). The molecule has 0 aliphatic carbocycles. The molecule has 0 spiro atoms. The van der Waals surface area contributed by atoms with Crippen molar-refractivity contribution < 1.29 is 4.79 Å². The van der Waals surface area contributed by atoms with Crippen molar-refractivity contribution in [2.75, 3.05) is 19.6 Å². The highest BCUT2D eigenvalue weighted by Gasteiger charge is 2.15. The number of hydrogen-bond donors (Lipinski definition) is 2. The fourth-order valence-electron chi connectivity index (χ4n) is 2.29. The lowest BCUT2D eigenvalue weighted by molar-refractivity contribution is -0.121. The van der Waals surface area contributed by atoms with E-state index in [9.17, 15) is 4.79 Å². The molecule has 17 heavy (non-hydrogen) atoms. The molecule has 2 N–H and O–H groups in total. The van der Waals surface area contributed by atoms with Gasteiger partial charge in [-0.2, -0.15) is 0 Å². The maximum absolute atomic E-state index is 11.6. The highest BCUT2D eigenvalue weighted by Crippen LogP contribution is 2.13. The van der Waals surface area contributed by atoms with Crippen molar-refractivity contribution in [3.05, 3.63) is 0 Å². The number of amides is 1. The summed E-state index contributed by atoms with van der Waals surface area (Å²) in [6, 6.07) is 0.